The fourth-order valence-electron chi connectivity index (χ4n) is 1.92. The minimum atomic E-state index is -0.497. The number of rotatable bonds is 3. The Labute approximate surface area is 112 Å². The monoisotopic (exact) mass is 273 g/mol. The zero-order chi connectivity index (χ0) is 14.1. The fourth-order valence-corrected chi connectivity index (χ4v) is 1.92. The average molecular weight is 273 g/mol. The van der Waals surface area contributed by atoms with Crippen LogP contribution in [0.15, 0.2) is 29.4 Å². The molecule has 5 N–H and O–H groups in total. The molecule has 0 bridgehead atoms. The van der Waals surface area contributed by atoms with Gasteiger partial charge in [0.15, 0.2) is 17.2 Å². The quantitative estimate of drug-likeness (QED) is 0.337. The number of fused-ring (bicyclic) bond motifs is 1. The van der Waals surface area contributed by atoms with E-state index >= 15 is 0 Å². The number of hydrogen-bond acceptors (Lipinski definition) is 7. The number of carbonyl (C=O) groups excluding carboxylic acids is 1. The van der Waals surface area contributed by atoms with Crippen LogP contribution in [0.1, 0.15) is 16.1 Å². The molecule has 1 amide bonds. The summed E-state index contributed by atoms with van der Waals surface area (Å²) in [5.74, 6) is 5.06. The van der Waals surface area contributed by atoms with E-state index in [4.69, 9.17) is 16.0 Å². The van der Waals surface area contributed by atoms with Crippen LogP contribution >= 0.6 is 0 Å². The topological polar surface area (TPSA) is 138 Å². The third kappa shape index (κ3) is 1.86. The van der Waals surface area contributed by atoms with Crippen LogP contribution in [-0.4, -0.2) is 25.4 Å². The lowest BCUT2D eigenvalue weighted by Gasteiger charge is -2.03. The molecule has 9 heteroatoms. The van der Waals surface area contributed by atoms with Crippen LogP contribution in [0, 0.1) is 0 Å². The second-order valence-electron chi connectivity index (χ2n) is 4.05. The number of furan rings is 1. The second kappa shape index (κ2) is 4.63. The third-order valence-corrected chi connectivity index (χ3v) is 2.85. The first-order valence-electron chi connectivity index (χ1n) is 5.69. The van der Waals surface area contributed by atoms with Crippen molar-refractivity contribution in [2.75, 3.05) is 5.73 Å². The van der Waals surface area contributed by atoms with E-state index in [9.17, 15) is 4.79 Å². The largest absolute Gasteiger partial charge is 0.459 e. The molecular weight excluding hydrogens is 262 g/mol. The molecular formula is C11H11N7O2. The average Bonchev–Trinajstić information content (AvgIpc) is 3.07. The first-order valence-corrected chi connectivity index (χ1v) is 5.69. The zero-order valence-corrected chi connectivity index (χ0v) is 10.3. The number of carbonyl (C=O) groups is 1. The van der Waals surface area contributed by atoms with Gasteiger partial charge in [0.1, 0.15) is 11.8 Å². The Morgan fingerprint density at radius 2 is 2.25 bits per heavy atom. The van der Waals surface area contributed by atoms with Gasteiger partial charge in [-0.3, -0.25) is 10.2 Å². The Morgan fingerprint density at radius 1 is 1.40 bits per heavy atom. The maximum absolute atomic E-state index is 11.5. The molecule has 3 rings (SSSR count). The SMILES string of the molecule is NNC(=O)c1occc1Cn1cnc2c(N)ncnc21. The van der Waals surface area contributed by atoms with E-state index in [0.717, 1.165) is 0 Å². The smallest absolute Gasteiger partial charge is 0.301 e. The maximum atomic E-state index is 11.5. The molecule has 0 atom stereocenters. The first-order chi connectivity index (χ1) is 9.70. The lowest BCUT2D eigenvalue weighted by molar-refractivity contribution is 0.0924. The number of imidazole rings is 1. The molecule has 0 saturated heterocycles. The number of nitrogen functional groups attached to an aromatic ring is 2. The van der Waals surface area contributed by atoms with Crippen LogP contribution < -0.4 is 17.0 Å². The van der Waals surface area contributed by atoms with Gasteiger partial charge in [-0.1, -0.05) is 0 Å². The predicted molar refractivity (Wildman–Crippen MR) is 69.2 cm³/mol. The van der Waals surface area contributed by atoms with E-state index < -0.39 is 5.91 Å². The van der Waals surface area contributed by atoms with Crippen molar-refractivity contribution in [3.63, 3.8) is 0 Å². The summed E-state index contributed by atoms with van der Waals surface area (Å²) in [6.07, 6.45) is 4.36. The molecule has 0 aliphatic rings. The van der Waals surface area contributed by atoms with Gasteiger partial charge in [0.05, 0.1) is 19.1 Å². The van der Waals surface area contributed by atoms with Gasteiger partial charge in [0.25, 0.3) is 0 Å². The van der Waals surface area contributed by atoms with Gasteiger partial charge >= 0.3 is 5.91 Å². The van der Waals surface area contributed by atoms with Gasteiger partial charge < -0.3 is 14.7 Å². The summed E-state index contributed by atoms with van der Waals surface area (Å²) >= 11 is 0. The third-order valence-electron chi connectivity index (χ3n) is 2.85. The molecule has 0 aromatic carbocycles. The van der Waals surface area contributed by atoms with Crippen LogP contribution in [0.5, 0.6) is 0 Å². The number of nitrogens with zero attached hydrogens (tertiary/aromatic N) is 4. The highest BCUT2D eigenvalue weighted by Gasteiger charge is 2.16. The van der Waals surface area contributed by atoms with E-state index in [1.165, 1.54) is 12.6 Å². The molecule has 3 aromatic heterocycles. The van der Waals surface area contributed by atoms with Crippen molar-refractivity contribution in [3.05, 3.63) is 36.3 Å². The Bertz CT molecular complexity index is 776. The molecule has 20 heavy (non-hydrogen) atoms. The van der Waals surface area contributed by atoms with Crippen molar-refractivity contribution in [1.82, 2.24) is 24.9 Å². The summed E-state index contributed by atoms with van der Waals surface area (Å²) in [5.41, 5.74) is 9.50. The van der Waals surface area contributed by atoms with Crippen molar-refractivity contribution in [2.45, 2.75) is 6.54 Å². The summed E-state index contributed by atoms with van der Waals surface area (Å²) in [6.45, 7) is 0.353. The van der Waals surface area contributed by atoms with Gasteiger partial charge in [0, 0.05) is 5.56 Å². The molecule has 102 valence electrons. The van der Waals surface area contributed by atoms with E-state index in [0.29, 0.717) is 29.1 Å². The normalized spacial score (nSPS) is 10.8. The number of hydrazine groups is 1. The van der Waals surface area contributed by atoms with E-state index in [1.807, 2.05) is 5.43 Å². The highest BCUT2D eigenvalue weighted by Crippen LogP contribution is 2.18. The molecule has 0 fully saturated rings. The van der Waals surface area contributed by atoms with Crippen LogP contribution in [-0.2, 0) is 6.54 Å². The van der Waals surface area contributed by atoms with Crippen molar-refractivity contribution in [2.24, 2.45) is 5.84 Å². The number of amides is 1. The van der Waals surface area contributed by atoms with Crippen molar-refractivity contribution in [3.8, 4) is 0 Å². The number of nitrogens with two attached hydrogens (primary N) is 2. The summed E-state index contributed by atoms with van der Waals surface area (Å²) in [7, 11) is 0. The number of nitrogens with one attached hydrogen (secondary N) is 1. The Balaban J connectivity index is 2.00. The van der Waals surface area contributed by atoms with Crippen LogP contribution in [0.2, 0.25) is 0 Å². The standard InChI is InChI=1S/C11H11N7O2/c12-9-7-10(15-4-14-9)18(5-16-7)3-6-1-2-20-8(6)11(19)17-13/h1-2,4-5H,3,13H2,(H,17,19)(H2,12,14,15). The molecule has 0 saturated carbocycles. The van der Waals surface area contributed by atoms with Gasteiger partial charge in [-0.15, -0.1) is 0 Å². The Morgan fingerprint density at radius 3 is 3.05 bits per heavy atom. The van der Waals surface area contributed by atoms with Crippen molar-refractivity contribution >= 4 is 22.9 Å². The number of anilines is 1. The van der Waals surface area contributed by atoms with Gasteiger partial charge in [-0.2, -0.15) is 0 Å². The van der Waals surface area contributed by atoms with Crippen LogP contribution in [0.25, 0.3) is 11.2 Å². The first kappa shape index (κ1) is 12.1. The molecule has 9 nitrogen and oxygen atoms in total. The molecule has 0 aliphatic carbocycles. The summed E-state index contributed by atoms with van der Waals surface area (Å²) in [6, 6.07) is 1.68. The second-order valence-corrected chi connectivity index (χ2v) is 4.05. The van der Waals surface area contributed by atoms with Gasteiger partial charge in [-0.25, -0.2) is 20.8 Å². The molecule has 0 unspecified atom stereocenters. The lowest BCUT2D eigenvalue weighted by atomic mass is 10.2. The highest BCUT2D eigenvalue weighted by molar-refractivity contribution is 5.92. The minimum Gasteiger partial charge on any atom is -0.459 e. The molecule has 0 spiro atoms. The van der Waals surface area contributed by atoms with Gasteiger partial charge in [-0.05, 0) is 6.07 Å². The number of hydrogen-bond donors (Lipinski definition) is 3. The van der Waals surface area contributed by atoms with Crippen LogP contribution in [0.3, 0.4) is 0 Å². The van der Waals surface area contributed by atoms with E-state index in [1.54, 1.807) is 17.0 Å². The lowest BCUT2D eigenvalue weighted by Crippen LogP contribution is -2.30. The van der Waals surface area contributed by atoms with Crippen molar-refractivity contribution < 1.29 is 9.21 Å². The maximum Gasteiger partial charge on any atom is 0.301 e. The summed E-state index contributed by atoms with van der Waals surface area (Å²) in [4.78, 5) is 23.7. The Kier molecular flexibility index (Phi) is 2.80. The van der Waals surface area contributed by atoms with E-state index in [-0.39, 0.29) is 5.76 Å². The fraction of sp³-hybridized carbons (Fsp3) is 0.0909. The predicted octanol–water partition coefficient (Wildman–Crippen LogP) is -0.347. The molecule has 0 radical (unpaired) electrons. The van der Waals surface area contributed by atoms with Crippen molar-refractivity contribution in [1.29, 1.82) is 0 Å². The minimum absolute atomic E-state index is 0.149. The molecule has 3 heterocycles. The zero-order valence-electron chi connectivity index (χ0n) is 10.3. The molecule has 0 aliphatic heterocycles. The van der Waals surface area contributed by atoms with Crippen LogP contribution in [0.4, 0.5) is 5.82 Å². The highest BCUT2D eigenvalue weighted by atomic mass is 16.3. The summed E-state index contributed by atoms with van der Waals surface area (Å²) < 4.78 is 6.86. The summed E-state index contributed by atoms with van der Waals surface area (Å²) in [5, 5.41) is 0. The van der Waals surface area contributed by atoms with E-state index in [2.05, 4.69) is 15.0 Å². The Hall–Kier alpha value is -2.94. The number of aromatic nitrogens is 4. The van der Waals surface area contributed by atoms with Gasteiger partial charge in [0.2, 0.25) is 0 Å². The molecule has 3 aromatic rings.